The highest BCUT2D eigenvalue weighted by atomic mass is 19.4. The van der Waals surface area contributed by atoms with E-state index < -0.39 is 52.9 Å². The molecule has 1 rings (SSSR count). The summed E-state index contributed by atoms with van der Waals surface area (Å²) in [6.45, 7) is 2.86. The zero-order valence-electron chi connectivity index (χ0n) is 11.6. The van der Waals surface area contributed by atoms with Crippen molar-refractivity contribution in [2.75, 3.05) is 0 Å². The molecule has 0 bridgehead atoms. The number of hydrogen-bond acceptors (Lipinski definition) is 2. The lowest BCUT2D eigenvalue weighted by Crippen LogP contribution is -2.33. The number of alkyl halides is 6. The number of aliphatic hydroxyl groups is 1. The summed E-state index contributed by atoms with van der Waals surface area (Å²) in [5, 5.41) is 9.71. The van der Waals surface area contributed by atoms with Gasteiger partial charge in [-0.3, -0.25) is 0 Å². The van der Waals surface area contributed by atoms with Gasteiger partial charge in [0.1, 0.15) is 5.82 Å². The van der Waals surface area contributed by atoms with Crippen LogP contribution in [0.5, 0.6) is 0 Å². The molecule has 9 heteroatoms. The van der Waals surface area contributed by atoms with Crippen LogP contribution in [0, 0.1) is 11.7 Å². The Morgan fingerprint density at radius 1 is 1.00 bits per heavy atom. The van der Waals surface area contributed by atoms with Crippen LogP contribution in [0.4, 0.5) is 30.7 Å². The van der Waals surface area contributed by atoms with Gasteiger partial charge in [0.05, 0.1) is 23.3 Å². The summed E-state index contributed by atoms with van der Waals surface area (Å²) in [4.78, 5) is 0. The lowest BCUT2D eigenvalue weighted by Gasteiger charge is -2.26. The Labute approximate surface area is 121 Å². The molecule has 0 saturated heterocycles. The second kappa shape index (κ2) is 6.04. The van der Waals surface area contributed by atoms with Crippen molar-refractivity contribution in [3.05, 3.63) is 34.6 Å². The third kappa shape index (κ3) is 3.89. The van der Waals surface area contributed by atoms with Crippen molar-refractivity contribution in [1.82, 2.24) is 0 Å². The second-order valence-electron chi connectivity index (χ2n) is 5.18. The maximum absolute atomic E-state index is 13.9. The Morgan fingerprint density at radius 2 is 1.50 bits per heavy atom. The van der Waals surface area contributed by atoms with Gasteiger partial charge in [0.2, 0.25) is 0 Å². The lowest BCUT2D eigenvalue weighted by molar-refractivity contribution is -0.144. The minimum atomic E-state index is -5.24. The van der Waals surface area contributed by atoms with Gasteiger partial charge in [0.15, 0.2) is 0 Å². The van der Waals surface area contributed by atoms with E-state index in [0.717, 1.165) is 0 Å². The number of halogens is 7. The molecule has 2 nitrogen and oxygen atoms in total. The molecule has 0 aromatic heterocycles. The molecule has 3 N–H and O–H groups in total. The summed E-state index contributed by atoms with van der Waals surface area (Å²) in [5.74, 6) is -2.37. The number of nitrogens with two attached hydrogens (primary N) is 1. The average Bonchev–Trinajstić information content (AvgIpc) is 2.33. The Balaban J connectivity index is 3.57. The molecule has 0 aliphatic rings. The van der Waals surface area contributed by atoms with Gasteiger partial charge in [-0.1, -0.05) is 13.8 Å². The number of hydrogen-bond donors (Lipinski definition) is 2. The molecule has 0 aliphatic carbocycles. The van der Waals surface area contributed by atoms with Crippen molar-refractivity contribution in [1.29, 1.82) is 0 Å². The molecular weight excluding hydrogens is 319 g/mol. The van der Waals surface area contributed by atoms with Crippen LogP contribution in [-0.4, -0.2) is 11.2 Å². The van der Waals surface area contributed by atoms with Crippen molar-refractivity contribution in [3.63, 3.8) is 0 Å². The lowest BCUT2D eigenvalue weighted by atomic mass is 9.89. The van der Waals surface area contributed by atoms with Crippen LogP contribution in [0.3, 0.4) is 0 Å². The molecule has 126 valence electrons. The highest BCUT2D eigenvalue weighted by Crippen LogP contribution is 2.41. The van der Waals surface area contributed by atoms with Crippen LogP contribution in [0.15, 0.2) is 12.1 Å². The standard InChI is InChI=1S/C13H14F7NO/c1-5(2)11(22)10(21)9-7(13(18,19)20)3-6(4-8(9)14)12(15,16)17/h3-5,10-11,22H,21H2,1-2H3/t10-,11+/m0/s1. The van der Waals surface area contributed by atoms with Gasteiger partial charge >= 0.3 is 12.4 Å². The van der Waals surface area contributed by atoms with Gasteiger partial charge in [-0.2, -0.15) is 26.3 Å². The van der Waals surface area contributed by atoms with E-state index in [1.807, 2.05) is 0 Å². The van der Waals surface area contributed by atoms with E-state index >= 15 is 0 Å². The minimum Gasteiger partial charge on any atom is -0.391 e. The largest absolute Gasteiger partial charge is 0.416 e. The average molecular weight is 333 g/mol. The Hall–Kier alpha value is -1.35. The summed E-state index contributed by atoms with van der Waals surface area (Å²) >= 11 is 0. The summed E-state index contributed by atoms with van der Waals surface area (Å²) in [5.41, 5.74) is 0.635. The van der Waals surface area contributed by atoms with E-state index in [-0.39, 0.29) is 12.1 Å². The molecule has 2 atom stereocenters. The summed E-state index contributed by atoms with van der Waals surface area (Å²) in [6, 6.07) is -2.07. The maximum Gasteiger partial charge on any atom is 0.416 e. The molecule has 22 heavy (non-hydrogen) atoms. The Bertz CT molecular complexity index is 536. The van der Waals surface area contributed by atoms with E-state index in [0.29, 0.717) is 0 Å². The van der Waals surface area contributed by atoms with Crippen LogP contribution in [0.1, 0.15) is 36.6 Å². The highest BCUT2D eigenvalue weighted by molar-refractivity contribution is 5.39. The molecule has 0 fully saturated rings. The fourth-order valence-electron chi connectivity index (χ4n) is 1.94. The van der Waals surface area contributed by atoms with Crippen molar-refractivity contribution < 1.29 is 35.8 Å². The molecule has 0 spiro atoms. The predicted octanol–water partition coefficient (Wildman–Crippen LogP) is 3.88. The van der Waals surface area contributed by atoms with E-state index in [1.54, 1.807) is 0 Å². The van der Waals surface area contributed by atoms with Crippen LogP contribution < -0.4 is 5.73 Å². The Kier molecular flexibility index (Phi) is 5.13. The van der Waals surface area contributed by atoms with E-state index in [1.165, 1.54) is 13.8 Å². The first-order chi connectivity index (χ1) is 9.76. The molecule has 0 heterocycles. The molecule has 0 amide bonds. The van der Waals surface area contributed by atoms with Crippen molar-refractivity contribution in [2.24, 2.45) is 11.7 Å². The van der Waals surface area contributed by atoms with Gasteiger partial charge in [-0.05, 0) is 18.1 Å². The van der Waals surface area contributed by atoms with E-state index in [9.17, 15) is 35.8 Å². The topological polar surface area (TPSA) is 46.2 Å². The molecule has 1 aromatic carbocycles. The van der Waals surface area contributed by atoms with Crippen LogP contribution in [0.2, 0.25) is 0 Å². The first kappa shape index (κ1) is 18.7. The van der Waals surface area contributed by atoms with Gasteiger partial charge in [0, 0.05) is 5.56 Å². The van der Waals surface area contributed by atoms with Crippen molar-refractivity contribution >= 4 is 0 Å². The van der Waals surface area contributed by atoms with Crippen molar-refractivity contribution in [3.8, 4) is 0 Å². The van der Waals surface area contributed by atoms with Crippen LogP contribution >= 0.6 is 0 Å². The summed E-state index contributed by atoms with van der Waals surface area (Å²) < 4.78 is 90.3. The normalized spacial score (nSPS) is 16.0. The summed E-state index contributed by atoms with van der Waals surface area (Å²) in [6.07, 6.45) is -11.9. The predicted molar refractivity (Wildman–Crippen MR) is 64.2 cm³/mol. The molecule has 0 aliphatic heterocycles. The molecular formula is C13H14F7NO. The zero-order valence-corrected chi connectivity index (χ0v) is 11.6. The van der Waals surface area contributed by atoms with Crippen molar-refractivity contribution in [2.45, 2.75) is 38.3 Å². The van der Waals surface area contributed by atoms with Gasteiger partial charge < -0.3 is 10.8 Å². The fourth-order valence-corrected chi connectivity index (χ4v) is 1.94. The molecule has 0 saturated carbocycles. The van der Waals surface area contributed by atoms with E-state index in [2.05, 4.69) is 0 Å². The van der Waals surface area contributed by atoms with E-state index in [4.69, 9.17) is 5.73 Å². The Morgan fingerprint density at radius 3 is 1.86 bits per heavy atom. The van der Waals surface area contributed by atoms with Crippen LogP contribution in [0.25, 0.3) is 0 Å². The monoisotopic (exact) mass is 333 g/mol. The van der Waals surface area contributed by atoms with Gasteiger partial charge in [0.25, 0.3) is 0 Å². The molecule has 0 radical (unpaired) electrons. The fraction of sp³-hybridized carbons (Fsp3) is 0.538. The maximum atomic E-state index is 13.9. The number of rotatable bonds is 3. The number of aliphatic hydroxyl groups excluding tert-OH is 1. The molecule has 0 unspecified atom stereocenters. The first-order valence-electron chi connectivity index (χ1n) is 6.18. The minimum absolute atomic E-state index is 0.0581. The molecule has 1 aromatic rings. The SMILES string of the molecule is CC(C)[C@@H](O)[C@@H](N)c1c(F)cc(C(F)(F)F)cc1C(F)(F)F. The second-order valence-corrected chi connectivity index (χ2v) is 5.18. The smallest absolute Gasteiger partial charge is 0.391 e. The third-order valence-corrected chi connectivity index (χ3v) is 3.15. The zero-order chi connectivity index (χ0) is 17.5. The van der Waals surface area contributed by atoms with Gasteiger partial charge in [-0.25, -0.2) is 4.39 Å². The summed E-state index contributed by atoms with van der Waals surface area (Å²) in [7, 11) is 0. The third-order valence-electron chi connectivity index (χ3n) is 3.15. The first-order valence-corrected chi connectivity index (χ1v) is 6.18. The van der Waals surface area contributed by atoms with Gasteiger partial charge in [-0.15, -0.1) is 0 Å². The van der Waals surface area contributed by atoms with Crippen LogP contribution in [-0.2, 0) is 12.4 Å². The quantitative estimate of drug-likeness (QED) is 0.825. The number of benzene rings is 1. The highest BCUT2D eigenvalue weighted by Gasteiger charge is 2.42.